The molecule has 122 valence electrons. The lowest BCUT2D eigenvalue weighted by atomic mass is 10.1. The summed E-state index contributed by atoms with van der Waals surface area (Å²) in [6.07, 6.45) is 1.67. The summed E-state index contributed by atoms with van der Waals surface area (Å²) in [5.41, 5.74) is 1.02. The smallest absolute Gasteiger partial charge is 0.268 e. The summed E-state index contributed by atoms with van der Waals surface area (Å²) in [5.74, 6) is -0.809. The number of anilines is 1. The van der Waals surface area contributed by atoms with Crippen LogP contribution in [0.1, 0.15) is 5.56 Å². The van der Waals surface area contributed by atoms with Crippen molar-refractivity contribution in [2.75, 3.05) is 31.1 Å². The molecule has 1 aliphatic heterocycles. The van der Waals surface area contributed by atoms with E-state index in [0.717, 1.165) is 17.8 Å². The third-order valence-corrected chi connectivity index (χ3v) is 4.09. The largest absolute Gasteiger partial charge is 0.368 e. The predicted octanol–water partition coefficient (Wildman–Crippen LogP) is 1.38. The molecule has 0 atom stereocenters. The first kappa shape index (κ1) is 15.6. The summed E-state index contributed by atoms with van der Waals surface area (Å²) in [5, 5.41) is 4.02. The van der Waals surface area contributed by atoms with E-state index in [-0.39, 0.29) is 11.4 Å². The van der Waals surface area contributed by atoms with Crippen LogP contribution in [0.5, 0.6) is 0 Å². The summed E-state index contributed by atoms with van der Waals surface area (Å²) in [7, 11) is 1.61. The molecule has 0 saturated carbocycles. The highest BCUT2D eigenvalue weighted by Gasteiger charge is 2.19. The Morgan fingerprint density at radius 3 is 2.57 bits per heavy atom. The van der Waals surface area contributed by atoms with Gasteiger partial charge in [-0.15, -0.1) is 0 Å². The van der Waals surface area contributed by atoms with E-state index in [0.29, 0.717) is 38.3 Å². The average molecular weight is 320 g/mol. The third-order valence-electron chi connectivity index (χ3n) is 4.09. The number of rotatable bonds is 3. The van der Waals surface area contributed by atoms with Crippen LogP contribution in [0.2, 0.25) is 0 Å². The van der Waals surface area contributed by atoms with E-state index in [1.54, 1.807) is 19.3 Å². The zero-order valence-corrected chi connectivity index (χ0v) is 12.9. The molecule has 0 bridgehead atoms. The van der Waals surface area contributed by atoms with Gasteiger partial charge in [0.1, 0.15) is 11.6 Å². The minimum atomic E-state index is -0.425. The minimum Gasteiger partial charge on any atom is -0.368 e. The molecule has 0 N–H and O–H groups in total. The topological polar surface area (TPSA) is 41.4 Å². The third kappa shape index (κ3) is 3.56. The summed E-state index contributed by atoms with van der Waals surface area (Å²) in [6.45, 7) is 3.24. The molecule has 1 aromatic carbocycles. The molecular formula is C16H18F2N4O. The van der Waals surface area contributed by atoms with Crippen molar-refractivity contribution in [3.8, 4) is 0 Å². The van der Waals surface area contributed by atoms with Gasteiger partial charge in [0.25, 0.3) is 5.56 Å². The lowest BCUT2D eigenvalue weighted by molar-refractivity contribution is 0.246. The second-order valence-corrected chi connectivity index (χ2v) is 5.67. The maximum atomic E-state index is 13.7. The van der Waals surface area contributed by atoms with Gasteiger partial charge in [-0.3, -0.25) is 9.69 Å². The van der Waals surface area contributed by atoms with Crippen LogP contribution < -0.4 is 10.5 Å². The number of piperazine rings is 1. The fraction of sp³-hybridized carbons (Fsp3) is 0.375. The zero-order chi connectivity index (χ0) is 16.4. The number of aromatic nitrogens is 2. The van der Waals surface area contributed by atoms with Gasteiger partial charge in [0.15, 0.2) is 0 Å². The van der Waals surface area contributed by atoms with Crippen molar-refractivity contribution < 1.29 is 8.78 Å². The first-order chi connectivity index (χ1) is 11.0. The van der Waals surface area contributed by atoms with Gasteiger partial charge in [-0.05, 0) is 18.2 Å². The zero-order valence-electron chi connectivity index (χ0n) is 12.9. The molecular weight excluding hydrogens is 302 g/mol. The van der Waals surface area contributed by atoms with Crippen LogP contribution in [0.25, 0.3) is 0 Å². The summed E-state index contributed by atoms with van der Waals surface area (Å²) < 4.78 is 28.2. The van der Waals surface area contributed by atoms with Crippen molar-refractivity contribution in [3.63, 3.8) is 0 Å². The van der Waals surface area contributed by atoms with Crippen molar-refractivity contribution in [2.24, 2.45) is 7.05 Å². The Hall–Kier alpha value is -2.28. The fourth-order valence-electron chi connectivity index (χ4n) is 2.70. The molecule has 0 aliphatic carbocycles. The van der Waals surface area contributed by atoms with Gasteiger partial charge in [0, 0.05) is 51.4 Å². The van der Waals surface area contributed by atoms with Gasteiger partial charge in [0.05, 0.1) is 11.9 Å². The molecule has 0 spiro atoms. The van der Waals surface area contributed by atoms with Gasteiger partial charge in [-0.25, -0.2) is 13.5 Å². The van der Waals surface area contributed by atoms with E-state index in [9.17, 15) is 13.6 Å². The van der Waals surface area contributed by atoms with Crippen LogP contribution in [0.3, 0.4) is 0 Å². The molecule has 0 radical (unpaired) electrons. The van der Waals surface area contributed by atoms with E-state index in [2.05, 4.69) is 14.9 Å². The lowest BCUT2D eigenvalue weighted by Gasteiger charge is -2.35. The number of aryl methyl sites for hydroxylation is 1. The first-order valence-corrected chi connectivity index (χ1v) is 7.47. The fourth-order valence-corrected chi connectivity index (χ4v) is 2.70. The Morgan fingerprint density at radius 1 is 1.13 bits per heavy atom. The molecule has 23 heavy (non-hydrogen) atoms. The van der Waals surface area contributed by atoms with Gasteiger partial charge >= 0.3 is 0 Å². The molecule has 1 fully saturated rings. The van der Waals surface area contributed by atoms with Gasteiger partial charge in [-0.2, -0.15) is 5.10 Å². The molecule has 3 rings (SSSR count). The van der Waals surface area contributed by atoms with E-state index in [1.165, 1.54) is 10.7 Å². The highest BCUT2D eigenvalue weighted by atomic mass is 19.1. The highest BCUT2D eigenvalue weighted by Crippen LogP contribution is 2.16. The van der Waals surface area contributed by atoms with E-state index in [4.69, 9.17) is 0 Å². The Balaban J connectivity index is 1.63. The monoisotopic (exact) mass is 320 g/mol. The number of hydrogen-bond donors (Lipinski definition) is 0. The number of nitrogens with zero attached hydrogens (tertiary/aromatic N) is 4. The van der Waals surface area contributed by atoms with Crippen LogP contribution in [-0.2, 0) is 13.6 Å². The van der Waals surface area contributed by atoms with Gasteiger partial charge < -0.3 is 4.90 Å². The van der Waals surface area contributed by atoms with Crippen molar-refractivity contribution in [1.29, 1.82) is 0 Å². The van der Waals surface area contributed by atoms with Crippen molar-refractivity contribution in [2.45, 2.75) is 6.54 Å². The Bertz CT molecular complexity index is 754. The van der Waals surface area contributed by atoms with Crippen LogP contribution >= 0.6 is 0 Å². The molecule has 5 nitrogen and oxygen atoms in total. The van der Waals surface area contributed by atoms with E-state index >= 15 is 0 Å². The Morgan fingerprint density at radius 2 is 1.87 bits per heavy atom. The quantitative estimate of drug-likeness (QED) is 0.857. The molecule has 1 aliphatic rings. The standard InChI is InChI=1S/C16H18F2N4O/c1-20-16(23)9-14(10-19-20)22-6-4-21(5-7-22)11-12-8-13(17)2-3-15(12)18/h2-3,8-10H,4-7,11H2,1H3. The van der Waals surface area contributed by atoms with E-state index < -0.39 is 5.82 Å². The second-order valence-electron chi connectivity index (χ2n) is 5.67. The number of halogens is 2. The van der Waals surface area contributed by atoms with Crippen molar-refractivity contribution in [1.82, 2.24) is 14.7 Å². The van der Waals surface area contributed by atoms with Gasteiger partial charge in [-0.1, -0.05) is 0 Å². The van der Waals surface area contributed by atoms with Crippen LogP contribution in [0.4, 0.5) is 14.5 Å². The first-order valence-electron chi connectivity index (χ1n) is 7.47. The normalized spacial score (nSPS) is 15.9. The summed E-state index contributed by atoms with van der Waals surface area (Å²) in [4.78, 5) is 15.8. The molecule has 1 aromatic heterocycles. The molecule has 2 heterocycles. The minimum absolute atomic E-state index is 0.147. The molecule has 1 saturated heterocycles. The molecule has 0 unspecified atom stereocenters. The average Bonchev–Trinajstić information content (AvgIpc) is 2.54. The van der Waals surface area contributed by atoms with Crippen molar-refractivity contribution >= 4 is 5.69 Å². The second kappa shape index (κ2) is 6.45. The number of hydrogen-bond acceptors (Lipinski definition) is 4. The maximum absolute atomic E-state index is 13.7. The SMILES string of the molecule is Cn1ncc(N2CCN(Cc3cc(F)ccc3F)CC2)cc1=O. The van der Waals surface area contributed by atoms with Crippen LogP contribution in [-0.4, -0.2) is 40.9 Å². The highest BCUT2D eigenvalue weighted by molar-refractivity contribution is 5.43. The van der Waals surface area contributed by atoms with Crippen molar-refractivity contribution in [3.05, 3.63) is 58.0 Å². The molecule has 0 amide bonds. The Kier molecular flexibility index (Phi) is 4.38. The summed E-state index contributed by atoms with van der Waals surface area (Å²) >= 11 is 0. The Labute approximate surface area is 132 Å². The predicted molar refractivity (Wildman–Crippen MR) is 83.3 cm³/mol. The molecule has 7 heteroatoms. The lowest BCUT2D eigenvalue weighted by Crippen LogP contribution is -2.46. The van der Waals surface area contributed by atoms with Crippen LogP contribution in [0.15, 0.2) is 35.3 Å². The van der Waals surface area contributed by atoms with Gasteiger partial charge in [0.2, 0.25) is 0 Å². The van der Waals surface area contributed by atoms with E-state index in [1.807, 2.05) is 0 Å². The summed E-state index contributed by atoms with van der Waals surface area (Å²) in [6, 6.07) is 5.09. The number of benzene rings is 1. The molecule has 2 aromatic rings. The van der Waals surface area contributed by atoms with Crippen LogP contribution in [0, 0.1) is 11.6 Å². The maximum Gasteiger partial charge on any atom is 0.268 e.